The van der Waals surface area contributed by atoms with E-state index < -0.39 is 6.04 Å². The van der Waals surface area contributed by atoms with Gasteiger partial charge in [-0.15, -0.1) is 0 Å². The Morgan fingerprint density at radius 1 is 0.868 bits per heavy atom. The van der Waals surface area contributed by atoms with Gasteiger partial charge >= 0.3 is 0 Å². The number of carbonyl (C=O) groups excluding carboxylic acids is 3. The first kappa shape index (κ1) is 33.2. The van der Waals surface area contributed by atoms with Crippen molar-refractivity contribution in [3.63, 3.8) is 0 Å². The summed E-state index contributed by atoms with van der Waals surface area (Å²) in [5.74, 6) is -0.804. The maximum atomic E-state index is 13.3. The number of piperidine rings is 3. The molecule has 0 aliphatic carbocycles. The van der Waals surface area contributed by atoms with Crippen LogP contribution < -0.4 is 15.5 Å². The lowest BCUT2D eigenvalue weighted by atomic mass is 10.0. The summed E-state index contributed by atoms with van der Waals surface area (Å²) in [6.45, 7) is 5.14. The van der Waals surface area contributed by atoms with E-state index in [1.54, 1.807) is 4.90 Å². The van der Waals surface area contributed by atoms with E-state index in [9.17, 15) is 14.4 Å². The Bertz CT molecular complexity index is 2190. The van der Waals surface area contributed by atoms with Gasteiger partial charge in [0.05, 0.1) is 35.2 Å². The van der Waals surface area contributed by atoms with E-state index in [4.69, 9.17) is 10.1 Å². The van der Waals surface area contributed by atoms with Crippen molar-refractivity contribution >= 4 is 40.1 Å². The van der Waals surface area contributed by atoms with Gasteiger partial charge < -0.3 is 15.1 Å². The fraction of sp³-hybridized carbons (Fsp3) is 0.366. The number of likely N-dealkylation sites (tertiary alicyclic amines) is 1. The molecule has 4 aliphatic rings. The Balaban J connectivity index is 0.802. The maximum absolute atomic E-state index is 13.3. The molecular weight excluding hydrogens is 667 g/mol. The van der Waals surface area contributed by atoms with Crippen LogP contribution in [0.5, 0.6) is 0 Å². The second kappa shape index (κ2) is 14.1. The third-order valence-electron chi connectivity index (χ3n) is 11.3. The molecule has 0 spiro atoms. The summed E-state index contributed by atoms with van der Waals surface area (Å²) in [6.07, 6.45) is 10.6. The molecule has 5 aromatic rings. The molecule has 270 valence electrons. The monoisotopic (exact) mass is 709 g/mol. The fourth-order valence-corrected chi connectivity index (χ4v) is 8.52. The average Bonchev–Trinajstić information content (AvgIpc) is 3.81. The van der Waals surface area contributed by atoms with Crippen LogP contribution in [0.4, 0.5) is 11.4 Å². The Kier molecular flexibility index (Phi) is 8.82. The molecular formula is C41H43N9O3. The van der Waals surface area contributed by atoms with E-state index in [0.29, 0.717) is 24.6 Å². The molecule has 3 amide bonds. The van der Waals surface area contributed by atoms with Crippen molar-refractivity contribution in [2.24, 2.45) is 0 Å². The van der Waals surface area contributed by atoms with E-state index >= 15 is 0 Å². The van der Waals surface area contributed by atoms with Crippen LogP contribution in [0.2, 0.25) is 0 Å². The molecule has 6 heterocycles. The molecule has 12 nitrogen and oxygen atoms in total. The summed E-state index contributed by atoms with van der Waals surface area (Å²) >= 11 is 0. The number of rotatable bonds is 8. The van der Waals surface area contributed by atoms with Crippen LogP contribution in [0.3, 0.4) is 0 Å². The van der Waals surface area contributed by atoms with Crippen LogP contribution >= 0.6 is 0 Å². The average molecular weight is 710 g/mol. The Labute approximate surface area is 308 Å². The van der Waals surface area contributed by atoms with Gasteiger partial charge in [0.2, 0.25) is 11.8 Å². The number of imide groups is 1. The zero-order valence-electron chi connectivity index (χ0n) is 29.7. The van der Waals surface area contributed by atoms with Crippen molar-refractivity contribution in [3.05, 3.63) is 102 Å². The van der Waals surface area contributed by atoms with Crippen molar-refractivity contribution in [1.82, 2.24) is 34.9 Å². The van der Waals surface area contributed by atoms with Crippen LogP contribution in [0.15, 0.2) is 85.3 Å². The highest BCUT2D eigenvalue weighted by Crippen LogP contribution is 2.34. The van der Waals surface area contributed by atoms with E-state index in [0.717, 1.165) is 91.9 Å². The fourth-order valence-electron chi connectivity index (χ4n) is 8.52. The molecule has 0 radical (unpaired) electrons. The first-order valence-electron chi connectivity index (χ1n) is 18.8. The summed E-state index contributed by atoms with van der Waals surface area (Å²) in [4.78, 5) is 53.6. The van der Waals surface area contributed by atoms with Crippen molar-refractivity contribution in [2.45, 2.75) is 69.7 Å². The summed E-state index contributed by atoms with van der Waals surface area (Å²) in [5, 5.41) is 10.9. The Hall–Kier alpha value is -5.62. The number of anilines is 2. The number of hydrogen-bond donors (Lipinski definition) is 2. The predicted octanol–water partition coefficient (Wildman–Crippen LogP) is 5.17. The molecule has 0 saturated carbocycles. The number of carbonyl (C=O) groups is 3. The highest BCUT2D eigenvalue weighted by molar-refractivity contribution is 6.06. The summed E-state index contributed by atoms with van der Waals surface area (Å²) in [5.41, 5.74) is 8.73. The molecule has 0 bridgehead atoms. The van der Waals surface area contributed by atoms with Crippen LogP contribution in [0.25, 0.3) is 22.3 Å². The second-order valence-electron chi connectivity index (χ2n) is 14.8. The summed E-state index contributed by atoms with van der Waals surface area (Å²) < 4.78 is 2.11. The van der Waals surface area contributed by atoms with Crippen LogP contribution in [0, 0.1) is 0 Å². The SMILES string of the molecule is O=C1CCC(N2Cc3c(NC4CCCN(Cc5cccc(N6CCC(n7cc(-c8cnc9ccccc9n8)cn7)CC6)c5)C4)cccc3C2=O)C(=O)N1. The van der Waals surface area contributed by atoms with Gasteiger partial charge in [-0.05, 0) is 80.6 Å². The standard InChI is InChI=1S/C41H43N9O3/c51-39-14-13-38(40(52)46-39)49-26-33-32(41(49)53)9-4-12-34(33)44-29-7-5-17-47(25-29)23-27-6-3-8-31(20-27)48-18-15-30(16-19-48)50-24-28(21-43-50)37-22-42-35-10-1-2-11-36(35)45-37/h1-4,6,8-12,20-22,24,29-30,38,44H,5,7,13-19,23,25-26H2,(H,46,51,52). The molecule has 2 aromatic heterocycles. The highest BCUT2D eigenvalue weighted by atomic mass is 16.2. The largest absolute Gasteiger partial charge is 0.381 e. The first-order chi connectivity index (χ1) is 25.9. The van der Waals surface area contributed by atoms with Gasteiger partial charge in [0, 0.05) is 79.4 Å². The number of nitrogens with one attached hydrogen (secondary N) is 2. The predicted molar refractivity (Wildman–Crippen MR) is 202 cm³/mol. The summed E-state index contributed by atoms with van der Waals surface area (Å²) in [7, 11) is 0. The highest BCUT2D eigenvalue weighted by Gasteiger charge is 2.40. The number of benzene rings is 3. The molecule has 3 saturated heterocycles. The minimum absolute atomic E-state index is 0.143. The Morgan fingerprint density at radius 3 is 2.58 bits per heavy atom. The van der Waals surface area contributed by atoms with Gasteiger partial charge in [-0.3, -0.25) is 34.3 Å². The number of fused-ring (bicyclic) bond motifs is 2. The van der Waals surface area contributed by atoms with Crippen molar-refractivity contribution < 1.29 is 14.4 Å². The van der Waals surface area contributed by atoms with E-state index in [1.165, 1.54) is 11.3 Å². The van der Waals surface area contributed by atoms with Gasteiger partial charge in [0.25, 0.3) is 5.91 Å². The third-order valence-corrected chi connectivity index (χ3v) is 11.3. The zero-order chi connectivity index (χ0) is 35.9. The zero-order valence-corrected chi connectivity index (χ0v) is 29.7. The number of aromatic nitrogens is 4. The number of para-hydroxylation sites is 2. The van der Waals surface area contributed by atoms with E-state index in [-0.39, 0.29) is 30.2 Å². The van der Waals surface area contributed by atoms with Crippen LogP contribution in [0.1, 0.15) is 66.1 Å². The first-order valence-corrected chi connectivity index (χ1v) is 18.8. The minimum Gasteiger partial charge on any atom is -0.381 e. The van der Waals surface area contributed by atoms with E-state index in [2.05, 4.69) is 60.6 Å². The molecule has 3 fully saturated rings. The molecule has 2 atom stereocenters. The molecule has 3 aromatic carbocycles. The normalized spacial score (nSPS) is 21.2. The van der Waals surface area contributed by atoms with Crippen molar-refractivity contribution in [2.75, 3.05) is 36.4 Å². The molecule has 2 N–H and O–H groups in total. The lowest BCUT2D eigenvalue weighted by Crippen LogP contribution is -2.52. The van der Waals surface area contributed by atoms with Gasteiger partial charge in [-0.25, -0.2) is 4.98 Å². The smallest absolute Gasteiger partial charge is 0.255 e. The Morgan fingerprint density at radius 2 is 1.72 bits per heavy atom. The third kappa shape index (κ3) is 6.74. The number of amides is 3. The van der Waals surface area contributed by atoms with Crippen LogP contribution in [-0.2, 0) is 22.7 Å². The molecule has 12 heteroatoms. The molecule has 53 heavy (non-hydrogen) atoms. The van der Waals surface area contributed by atoms with Gasteiger partial charge in [0.15, 0.2) is 0 Å². The topological polar surface area (TPSA) is 129 Å². The van der Waals surface area contributed by atoms with Gasteiger partial charge in [0.1, 0.15) is 6.04 Å². The summed E-state index contributed by atoms with van der Waals surface area (Å²) in [6, 6.07) is 22.7. The van der Waals surface area contributed by atoms with Gasteiger partial charge in [-0.2, -0.15) is 5.10 Å². The minimum atomic E-state index is -0.616. The lowest BCUT2D eigenvalue weighted by Gasteiger charge is -2.35. The quantitative estimate of drug-likeness (QED) is 0.210. The molecule has 9 rings (SSSR count). The maximum Gasteiger partial charge on any atom is 0.255 e. The van der Waals surface area contributed by atoms with Gasteiger partial charge in [-0.1, -0.05) is 30.3 Å². The lowest BCUT2D eigenvalue weighted by molar-refractivity contribution is -0.136. The van der Waals surface area contributed by atoms with Crippen LogP contribution in [-0.4, -0.2) is 85.5 Å². The molecule has 4 aliphatic heterocycles. The van der Waals surface area contributed by atoms with E-state index in [1.807, 2.05) is 54.9 Å². The second-order valence-corrected chi connectivity index (χ2v) is 14.8. The van der Waals surface area contributed by atoms with Crippen molar-refractivity contribution in [3.8, 4) is 11.3 Å². The number of nitrogens with zero attached hydrogens (tertiary/aromatic N) is 7. The number of hydrogen-bond acceptors (Lipinski definition) is 9. The molecule has 2 unspecified atom stereocenters. The van der Waals surface area contributed by atoms with Crippen molar-refractivity contribution in [1.29, 1.82) is 0 Å².